The molecule has 1 aromatic heterocycles. The Balaban J connectivity index is 1.48. The molecule has 1 fully saturated rings. The number of benzene rings is 2. The number of fused-ring (bicyclic) bond motifs is 1. The molecule has 1 saturated heterocycles. The van der Waals surface area contributed by atoms with E-state index in [9.17, 15) is 26.7 Å². The van der Waals surface area contributed by atoms with Crippen LogP contribution in [0.15, 0.2) is 42.6 Å². The molecule has 1 amide bonds. The number of hydrogen-bond acceptors (Lipinski definition) is 8. The highest BCUT2D eigenvalue weighted by Crippen LogP contribution is 2.38. The van der Waals surface area contributed by atoms with Gasteiger partial charge in [0.25, 0.3) is 5.91 Å². The van der Waals surface area contributed by atoms with Crippen molar-refractivity contribution >= 4 is 34.7 Å². The van der Waals surface area contributed by atoms with Crippen LogP contribution in [0.25, 0.3) is 0 Å². The number of nitrogens with zero attached hydrogens (tertiary/aromatic N) is 3. The first-order valence-corrected chi connectivity index (χ1v) is 12.0. The molecule has 5 rings (SSSR count). The van der Waals surface area contributed by atoms with E-state index in [1.807, 2.05) is 11.8 Å². The highest BCUT2D eigenvalue weighted by Gasteiger charge is 2.36. The molecule has 14 heteroatoms. The molecule has 3 heterocycles. The molecule has 0 spiro atoms. The smallest absolute Gasteiger partial charge is 0.421 e. The van der Waals surface area contributed by atoms with E-state index >= 15 is 0 Å². The van der Waals surface area contributed by atoms with Crippen molar-refractivity contribution in [1.82, 2.24) is 20.6 Å². The Morgan fingerprint density at radius 2 is 1.97 bits per heavy atom. The SMILES string of the molecule is C[C@@H]1CN(c2ccc(Nc3ncc(C(F)(F)F)c(Nc4cccc5c4C(=O)NC5)n3)c(OC(F)F)c2)CCN1. The summed E-state index contributed by atoms with van der Waals surface area (Å²) in [6, 6.07) is 9.54. The summed E-state index contributed by atoms with van der Waals surface area (Å²) < 4.78 is 72.5. The van der Waals surface area contributed by atoms with Gasteiger partial charge in [-0.3, -0.25) is 4.79 Å². The van der Waals surface area contributed by atoms with Gasteiger partial charge in [0.1, 0.15) is 11.4 Å². The second-order valence-corrected chi connectivity index (χ2v) is 9.09. The van der Waals surface area contributed by atoms with Gasteiger partial charge in [-0.05, 0) is 30.7 Å². The first-order chi connectivity index (χ1) is 18.6. The zero-order chi connectivity index (χ0) is 27.7. The standard InChI is InChI=1S/C25H24F5N7O2/c1-13-12-37(8-7-31-13)15-5-6-17(19(9-15)39-23(26)27)35-24-33-11-16(25(28,29)30)21(36-24)34-18-4-2-3-14-10-32-22(38)20(14)18/h2-6,9,11,13,23,31H,7-8,10,12H2,1H3,(H,32,38)(H2,33,34,35,36)/t13-/m1/s1. The Morgan fingerprint density at radius 1 is 1.15 bits per heavy atom. The monoisotopic (exact) mass is 549 g/mol. The zero-order valence-corrected chi connectivity index (χ0v) is 20.6. The topological polar surface area (TPSA) is 103 Å². The second kappa shape index (κ2) is 10.5. The molecule has 0 aliphatic carbocycles. The average molecular weight is 550 g/mol. The Hall–Kier alpha value is -4.20. The maximum Gasteiger partial charge on any atom is 0.421 e. The number of nitrogens with one attached hydrogen (secondary N) is 4. The molecule has 2 aromatic carbocycles. The number of ether oxygens (including phenoxy) is 1. The van der Waals surface area contributed by atoms with E-state index in [1.165, 1.54) is 18.2 Å². The first kappa shape index (κ1) is 26.4. The summed E-state index contributed by atoms with van der Waals surface area (Å²) in [5, 5.41) is 11.2. The molecule has 206 valence electrons. The number of carbonyl (C=O) groups excluding carboxylic acids is 1. The van der Waals surface area contributed by atoms with Crippen LogP contribution in [0.1, 0.15) is 28.4 Å². The summed E-state index contributed by atoms with van der Waals surface area (Å²) in [4.78, 5) is 22.0. The van der Waals surface area contributed by atoms with Gasteiger partial charge in [-0.2, -0.15) is 26.9 Å². The number of hydrogen-bond donors (Lipinski definition) is 4. The summed E-state index contributed by atoms with van der Waals surface area (Å²) in [7, 11) is 0. The van der Waals surface area contributed by atoms with Gasteiger partial charge in [0, 0.05) is 50.2 Å². The van der Waals surface area contributed by atoms with Crippen molar-refractivity contribution in [2.24, 2.45) is 0 Å². The van der Waals surface area contributed by atoms with Crippen LogP contribution in [0.2, 0.25) is 0 Å². The Kier molecular flexibility index (Phi) is 7.12. The molecule has 0 bridgehead atoms. The fraction of sp³-hybridized carbons (Fsp3) is 0.320. The Morgan fingerprint density at radius 3 is 2.72 bits per heavy atom. The molecule has 4 N–H and O–H groups in total. The van der Waals surface area contributed by atoms with E-state index < -0.39 is 30.1 Å². The van der Waals surface area contributed by atoms with Crippen molar-refractivity contribution in [1.29, 1.82) is 0 Å². The average Bonchev–Trinajstić information content (AvgIpc) is 3.26. The van der Waals surface area contributed by atoms with Crippen LogP contribution in [-0.4, -0.2) is 48.2 Å². The number of carbonyl (C=O) groups is 1. The molecule has 1 atom stereocenters. The van der Waals surface area contributed by atoms with E-state index in [0.29, 0.717) is 37.1 Å². The van der Waals surface area contributed by atoms with Gasteiger partial charge < -0.3 is 30.9 Å². The number of amides is 1. The zero-order valence-electron chi connectivity index (χ0n) is 20.6. The van der Waals surface area contributed by atoms with Gasteiger partial charge >= 0.3 is 12.8 Å². The van der Waals surface area contributed by atoms with E-state index in [-0.39, 0.29) is 41.2 Å². The lowest BCUT2D eigenvalue weighted by atomic mass is 10.1. The molecule has 0 saturated carbocycles. The lowest BCUT2D eigenvalue weighted by Gasteiger charge is -2.34. The molecule has 2 aliphatic heterocycles. The molecule has 0 radical (unpaired) electrons. The molecular formula is C25H24F5N7O2. The maximum atomic E-state index is 13.8. The minimum atomic E-state index is -4.81. The minimum Gasteiger partial charge on any atom is -0.433 e. The van der Waals surface area contributed by atoms with Gasteiger partial charge in [-0.15, -0.1) is 0 Å². The summed E-state index contributed by atoms with van der Waals surface area (Å²) in [5.74, 6) is -1.56. The van der Waals surface area contributed by atoms with Crippen LogP contribution < -0.4 is 30.9 Å². The molecule has 39 heavy (non-hydrogen) atoms. The molecular weight excluding hydrogens is 525 g/mol. The van der Waals surface area contributed by atoms with Gasteiger partial charge in [-0.1, -0.05) is 12.1 Å². The number of aromatic nitrogens is 2. The Labute approximate surface area is 219 Å². The molecule has 2 aliphatic rings. The lowest BCUT2D eigenvalue weighted by molar-refractivity contribution is -0.137. The van der Waals surface area contributed by atoms with E-state index in [4.69, 9.17) is 4.74 Å². The molecule has 3 aromatic rings. The maximum absolute atomic E-state index is 13.8. The fourth-order valence-corrected chi connectivity index (χ4v) is 4.55. The minimum absolute atomic E-state index is 0.0351. The largest absolute Gasteiger partial charge is 0.433 e. The normalized spacial score (nSPS) is 17.2. The third-order valence-corrected chi connectivity index (χ3v) is 6.33. The number of halogens is 5. The summed E-state index contributed by atoms with van der Waals surface area (Å²) in [6.45, 7) is 1.14. The summed E-state index contributed by atoms with van der Waals surface area (Å²) in [6.07, 6.45) is -4.24. The quantitative estimate of drug-likeness (QED) is 0.317. The van der Waals surface area contributed by atoms with Crippen molar-refractivity contribution in [3.05, 3.63) is 59.3 Å². The van der Waals surface area contributed by atoms with Crippen LogP contribution in [0, 0.1) is 0 Å². The predicted octanol–water partition coefficient (Wildman–Crippen LogP) is 4.63. The van der Waals surface area contributed by atoms with Crippen LogP contribution in [0.4, 0.5) is 50.8 Å². The Bertz CT molecular complexity index is 1390. The van der Waals surface area contributed by atoms with Crippen LogP contribution in [0.3, 0.4) is 0 Å². The van der Waals surface area contributed by atoms with Gasteiger partial charge in [0.2, 0.25) is 5.95 Å². The number of alkyl halides is 5. The first-order valence-electron chi connectivity index (χ1n) is 12.0. The highest BCUT2D eigenvalue weighted by atomic mass is 19.4. The van der Waals surface area contributed by atoms with Crippen molar-refractivity contribution in [3.63, 3.8) is 0 Å². The van der Waals surface area contributed by atoms with Gasteiger partial charge in [0.15, 0.2) is 5.75 Å². The molecule has 9 nitrogen and oxygen atoms in total. The number of rotatable bonds is 7. The van der Waals surface area contributed by atoms with Crippen LogP contribution in [-0.2, 0) is 12.7 Å². The van der Waals surface area contributed by atoms with Crippen LogP contribution >= 0.6 is 0 Å². The highest BCUT2D eigenvalue weighted by molar-refractivity contribution is 6.04. The van der Waals surface area contributed by atoms with Gasteiger partial charge in [-0.25, -0.2) is 4.98 Å². The van der Waals surface area contributed by atoms with Crippen molar-refractivity contribution < 1.29 is 31.5 Å². The lowest BCUT2D eigenvalue weighted by Crippen LogP contribution is -2.49. The summed E-state index contributed by atoms with van der Waals surface area (Å²) >= 11 is 0. The van der Waals surface area contributed by atoms with Crippen LogP contribution in [0.5, 0.6) is 5.75 Å². The predicted molar refractivity (Wildman–Crippen MR) is 134 cm³/mol. The fourth-order valence-electron chi connectivity index (χ4n) is 4.55. The second-order valence-electron chi connectivity index (χ2n) is 9.09. The third kappa shape index (κ3) is 5.79. The van der Waals surface area contributed by atoms with Gasteiger partial charge in [0.05, 0.1) is 16.9 Å². The number of piperazine rings is 1. The van der Waals surface area contributed by atoms with Crippen molar-refractivity contribution in [3.8, 4) is 5.75 Å². The van der Waals surface area contributed by atoms with E-state index in [2.05, 4.69) is 31.2 Å². The summed E-state index contributed by atoms with van der Waals surface area (Å²) in [5.41, 5.74) is 0.484. The third-order valence-electron chi connectivity index (χ3n) is 6.33. The van der Waals surface area contributed by atoms with Crippen molar-refractivity contribution in [2.45, 2.75) is 32.3 Å². The molecule has 0 unspecified atom stereocenters. The van der Waals surface area contributed by atoms with E-state index in [1.54, 1.807) is 18.2 Å². The number of anilines is 5. The van der Waals surface area contributed by atoms with E-state index in [0.717, 1.165) is 0 Å². The van der Waals surface area contributed by atoms with Crippen molar-refractivity contribution in [2.75, 3.05) is 35.2 Å².